The molecule has 0 bridgehead atoms. The van der Waals surface area contributed by atoms with Gasteiger partial charge in [0.1, 0.15) is 97.5 Å². The molecule has 4 aromatic heterocycles. The van der Waals surface area contributed by atoms with Crippen LogP contribution >= 0.6 is 0 Å². The van der Waals surface area contributed by atoms with Crippen LogP contribution in [0.4, 0.5) is 0 Å². The van der Waals surface area contributed by atoms with E-state index in [-0.39, 0.29) is 77.1 Å². The lowest BCUT2D eigenvalue weighted by Gasteiger charge is -2.22. The Bertz CT molecular complexity index is 4100. The minimum absolute atomic E-state index is 0.0504. The molecule has 0 saturated heterocycles. The first-order valence-corrected chi connectivity index (χ1v) is 21.4. The Balaban J connectivity index is 1.17. The molecular formula is C51H20B11N5O. The molecule has 0 fully saturated rings. The summed E-state index contributed by atoms with van der Waals surface area (Å²) in [6.45, 7) is 0. The molecule has 0 aliphatic carbocycles. The van der Waals surface area contributed by atoms with Gasteiger partial charge in [-0.1, -0.05) is 130 Å². The lowest BCUT2D eigenvalue weighted by molar-refractivity contribution is 0.674. The molecule has 17 heteroatoms. The molecule has 0 aliphatic rings. The lowest BCUT2D eigenvalue weighted by Crippen LogP contribution is -2.55. The number of nitrogens with zero attached hydrogens (tertiary/aromatic N) is 5. The minimum atomic E-state index is 0.0504. The highest BCUT2D eigenvalue weighted by Crippen LogP contribution is 2.39. The third-order valence-electron chi connectivity index (χ3n) is 13.1. The van der Waals surface area contributed by atoms with Crippen molar-refractivity contribution in [3.8, 4) is 45.5 Å². The van der Waals surface area contributed by atoms with Crippen molar-refractivity contribution in [2.24, 2.45) is 0 Å². The molecule has 0 N–H and O–H groups in total. The van der Waals surface area contributed by atoms with Crippen LogP contribution in [0.5, 0.6) is 0 Å². The van der Waals surface area contributed by atoms with Crippen LogP contribution in [-0.2, 0) is 0 Å². The van der Waals surface area contributed by atoms with Gasteiger partial charge in [0.15, 0.2) is 11.6 Å². The average Bonchev–Trinajstić information content (AvgIpc) is 4.03. The predicted octanol–water partition coefficient (Wildman–Crippen LogP) is -0.302. The summed E-state index contributed by atoms with van der Waals surface area (Å²) in [6.07, 6.45) is 0. The van der Waals surface area contributed by atoms with Crippen molar-refractivity contribution in [3.05, 3.63) is 121 Å². The maximum atomic E-state index is 7.30. The van der Waals surface area contributed by atoms with Crippen molar-refractivity contribution in [1.29, 1.82) is 0 Å². The van der Waals surface area contributed by atoms with Gasteiger partial charge >= 0.3 is 0 Å². The zero-order valence-corrected chi connectivity index (χ0v) is 36.0. The fourth-order valence-electron chi connectivity index (χ4n) is 9.87. The van der Waals surface area contributed by atoms with E-state index >= 15 is 0 Å². The van der Waals surface area contributed by atoms with E-state index in [0.717, 1.165) is 43.7 Å². The van der Waals surface area contributed by atoms with Crippen LogP contribution in [-0.4, -0.2) is 110 Å². The third-order valence-corrected chi connectivity index (χ3v) is 13.1. The van der Waals surface area contributed by atoms with Crippen molar-refractivity contribution < 1.29 is 4.42 Å². The highest BCUT2D eigenvalue weighted by Gasteiger charge is 2.28. The number of aromatic nitrogens is 5. The van der Waals surface area contributed by atoms with Gasteiger partial charge in [-0.2, -0.15) is 9.97 Å². The maximum Gasteiger partial charge on any atom is 0.238 e. The molecule has 0 spiro atoms. The summed E-state index contributed by atoms with van der Waals surface area (Å²) in [6, 6.07) is 39.1. The van der Waals surface area contributed by atoms with E-state index in [1.807, 2.05) is 118 Å². The molecule has 4 heterocycles. The van der Waals surface area contributed by atoms with Crippen molar-refractivity contribution in [3.63, 3.8) is 0 Å². The second kappa shape index (κ2) is 15.5. The summed E-state index contributed by atoms with van der Waals surface area (Å²) in [5.74, 6) is 0.872. The van der Waals surface area contributed by atoms with E-state index in [1.54, 1.807) is 0 Å². The standard InChI is InChI=1S/C51H20B11N5O/c52-35-31(36(53)40(57)42(59)39(35)56)25-16-10-20-29-30(25)24-15-6-9-19-28(24)66(29)46-43(60)37(54)33-32-34(38(55)41(58)44(61)47(32)68-48(33)45(46)62)50-63-49(21-11-2-1-3-12-21)64-51(65-50)67-26-17-7-4-13-22(26)23-14-5-8-18-27(23)67/h1-20H. The monoisotopic (exact) mass is 839 g/mol. The smallest absolute Gasteiger partial charge is 0.238 e. The number of hydrogen-bond donors (Lipinski definition) is 0. The Morgan fingerprint density at radius 1 is 0.338 bits per heavy atom. The normalized spacial score (nSPS) is 11.9. The zero-order valence-electron chi connectivity index (χ0n) is 36.0. The van der Waals surface area contributed by atoms with Gasteiger partial charge in [0.05, 0.1) is 22.1 Å². The maximum absolute atomic E-state index is 7.30. The molecule has 12 aromatic rings. The molecule has 68 heavy (non-hydrogen) atoms. The van der Waals surface area contributed by atoms with Crippen LogP contribution in [0.25, 0.3) is 111 Å². The van der Waals surface area contributed by atoms with Crippen molar-refractivity contribution in [2.45, 2.75) is 0 Å². The van der Waals surface area contributed by atoms with Crippen molar-refractivity contribution >= 4 is 212 Å². The van der Waals surface area contributed by atoms with Crippen molar-refractivity contribution in [1.82, 2.24) is 24.1 Å². The topological polar surface area (TPSA) is 61.7 Å². The van der Waals surface area contributed by atoms with E-state index < -0.39 is 0 Å². The fraction of sp³-hybridized carbons (Fsp3) is 0. The van der Waals surface area contributed by atoms with Crippen molar-refractivity contribution in [2.75, 3.05) is 0 Å². The molecule has 12 rings (SSSR count). The molecule has 0 unspecified atom stereocenters. The number of benzene rings is 8. The quantitative estimate of drug-likeness (QED) is 0.224. The van der Waals surface area contributed by atoms with Gasteiger partial charge in [-0.15, -0.1) is 21.9 Å². The molecule has 0 amide bonds. The Morgan fingerprint density at radius 3 is 1.49 bits per heavy atom. The van der Waals surface area contributed by atoms with Crippen LogP contribution in [0, 0.1) is 0 Å². The molecule has 8 aromatic carbocycles. The number of furan rings is 1. The molecule has 6 nitrogen and oxygen atoms in total. The van der Waals surface area contributed by atoms with Gasteiger partial charge in [0.2, 0.25) is 5.95 Å². The predicted molar refractivity (Wildman–Crippen MR) is 291 cm³/mol. The van der Waals surface area contributed by atoms with Crippen LogP contribution < -0.4 is 60.1 Å². The summed E-state index contributed by atoms with van der Waals surface area (Å²) in [4.78, 5) is 15.3. The number of rotatable bonds is 5. The Morgan fingerprint density at radius 2 is 0.838 bits per heavy atom. The number of fused-ring (bicyclic) bond motifs is 9. The Kier molecular flexibility index (Phi) is 9.61. The van der Waals surface area contributed by atoms with E-state index in [1.165, 1.54) is 0 Å². The van der Waals surface area contributed by atoms with Gasteiger partial charge in [-0.3, -0.25) is 4.57 Å². The summed E-state index contributed by atoms with van der Waals surface area (Å²) in [5.41, 5.74) is 7.31. The zero-order chi connectivity index (χ0) is 47.0. The molecule has 0 aliphatic heterocycles. The second-order valence-corrected chi connectivity index (χ2v) is 16.7. The highest BCUT2D eigenvalue weighted by atomic mass is 16.3. The summed E-state index contributed by atoms with van der Waals surface area (Å²) < 4.78 is 10.6. The molecule has 22 radical (unpaired) electrons. The third kappa shape index (κ3) is 5.83. The first-order chi connectivity index (χ1) is 32.9. The van der Waals surface area contributed by atoms with E-state index in [9.17, 15) is 0 Å². The highest BCUT2D eigenvalue weighted by molar-refractivity contribution is 6.69. The average molecular weight is 838 g/mol. The Labute approximate surface area is 405 Å². The van der Waals surface area contributed by atoms with E-state index in [0.29, 0.717) is 50.4 Å². The van der Waals surface area contributed by atoms with Crippen LogP contribution in [0.1, 0.15) is 0 Å². The number of hydrogen-bond acceptors (Lipinski definition) is 4. The lowest BCUT2D eigenvalue weighted by atomic mass is 9.59. The summed E-state index contributed by atoms with van der Waals surface area (Å²) >= 11 is 0. The van der Waals surface area contributed by atoms with Crippen LogP contribution in [0.2, 0.25) is 0 Å². The van der Waals surface area contributed by atoms with E-state index in [4.69, 9.17) is 106 Å². The number of para-hydroxylation sites is 3. The van der Waals surface area contributed by atoms with Gasteiger partial charge in [0, 0.05) is 49.1 Å². The molecule has 0 saturated carbocycles. The van der Waals surface area contributed by atoms with Crippen LogP contribution in [0.15, 0.2) is 126 Å². The van der Waals surface area contributed by atoms with E-state index in [2.05, 4.69) is 12.1 Å². The van der Waals surface area contributed by atoms with Gasteiger partial charge in [-0.05, 0) is 40.9 Å². The molecule has 288 valence electrons. The van der Waals surface area contributed by atoms with Gasteiger partial charge in [-0.25, -0.2) is 4.98 Å². The first-order valence-electron chi connectivity index (χ1n) is 21.4. The first kappa shape index (κ1) is 42.3. The Hall–Kier alpha value is -7.12. The molecular weight excluding hydrogens is 818 g/mol. The van der Waals surface area contributed by atoms with Gasteiger partial charge < -0.3 is 8.98 Å². The SMILES string of the molecule is [B]c1c([B])c([B])c(-c2cccc3c2c2ccccc2n3-c2c([B])c([B])c3c(oc4c([B])c([B])c([B])c(-c5nc(-c6ccccc6)nc(-n6c7ccccc7c7ccccc76)n5)c43)c2[B])c([B])c1[B]. The fourth-order valence-corrected chi connectivity index (χ4v) is 9.87. The minimum Gasteiger partial charge on any atom is -0.457 e. The molecule has 0 atom stereocenters. The largest absolute Gasteiger partial charge is 0.457 e. The summed E-state index contributed by atoms with van der Waals surface area (Å²) in [5, 5.41) is 4.30. The van der Waals surface area contributed by atoms with Crippen LogP contribution in [0.3, 0.4) is 0 Å². The summed E-state index contributed by atoms with van der Waals surface area (Å²) in [7, 11) is 74.6. The van der Waals surface area contributed by atoms with Gasteiger partial charge in [0.25, 0.3) is 0 Å². The second-order valence-electron chi connectivity index (χ2n) is 16.7.